The number of rotatable bonds is 3. The summed E-state index contributed by atoms with van der Waals surface area (Å²) in [7, 11) is 0. The SMILES string of the molecule is O=C1COC(=O)N1c1cccc(OCCl)c1. The second-order valence-corrected chi connectivity index (χ2v) is 3.25. The molecule has 1 aromatic rings. The summed E-state index contributed by atoms with van der Waals surface area (Å²) in [5, 5.41) is 0. The van der Waals surface area contributed by atoms with Gasteiger partial charge in [0.15, 0.2) is 12.7 Å². The van der Waals surface area contributed by atoms with Crippen molar-refractivity contribution in [2.75, 3.05) is 17.6 Å². The van der Waals surface area contributed by atoms with Crippen LogP contribution in [0.1, 0.15) is 0 Å². The molecule has 0 bridgehead atoms. The van der Waals surface area contributed by atoms with E-state index in [-0.39, 0.29) is 12.7 Å². The van der Waals surface area contributed by atoms with Gasteiger partial charge in [0.1, 0.15) is 5.75 Å². The fraction of sp³-hybridized carbons (Fsp3) is 0.200. The molecule has 0 atom stereocenters. The minimum atomic E-state index is -0.673. The smallest absolute Gasteiger partial charge is 0.421 e. The lowest BCUT2D eigenvalue weighted by atomic mass is 10.3. The largest absolute Gasteiger partial charge is 0.478 e. The van der Waals surface area contributed by atoms with Crippen LogP contribution in [0.15, 0.2) is 24.3 Å². The Morgan fingerprint density at radius 1 is 1.44 bits per heavy atom. The molecule has 16 heavy (non-hydrogen) atoms. The molecule has 1 saturated heterocycles. The summed E-state index contributed by atoms with van der Waals surface area (Å²) in [6.07, 6.45) is -0.673. The topological polar surface area (TPSA) is 55.8 Å². The highest BCUT2D eigenvalue weighted by Gasteiger charge is 2.32. The predicted molar refractivity (Wildman–Crippen MR) is 56.6 cm³/mol. The summed E-state index contributed by atoms with van der Waals surface area (Å²) < 4.78 is 9.65. The number of carbonyl (C=O) groups excluding carboxylic acids is 2. The first kappa shape index (κ1) is 10.8. The predicted octanol–water partition coefficient (Wildman–Crippen LogP) is 1.74. The maximum Gasteiger partial charge on any atom is 0.421 e. The minimum Gasteiger partial charge on any atom is -0.478 e. The zero-order valence-electron chi connectivity index (χ0n) is 8.18. The van der Waals surface area contributed by atoms with Crippen LogP contribution < -0.4 is 9.64 Å². The summed E-state index contributed by atoms with van der Waals surface area (Å²) in [5.74, 6) is 0.0908. The quantitative estimate of drug-likeness (QED) is 0.757. The van der Waals surface area contributed by atoms with Crippen molar-refractivity contribution in [1.82, 2.24) is 0 Å². The third kappa shape index (κ3) is 1.94. The number of nitrogens with zero attached hydrogens (tertiary/aromatic N) is 1. The van der Waals surface area contributed by atoms with Crippen LogP contribution in [0.4, 0.5) is 10.5 Å². The van der Waals surface area contributed by atoms with Crippen molar-refractivity contribution in [2.45, 2.75) is 0 Å². The first-order valence-electron chi connectivity index (χ1n) is 4.51. The monoisotopic (exact) mass is 241 g/mol. The molecule has 84 valence electrons. The van der Waals surface area contributed by atoms with E-state index in [4.69, 9.17) is 16.3 Å². The standard InChI is InChI=1S/C10H8ClNO4/c11-6-16-8-3-1-2-7(4-8)12-9(13)5-15-10(12)14/h1-4H,5-6H2. The van der Waals surface area contributed by atoms with Crippen molar-refractivity contribution in [3.8, 4) is 5.75 Å². The first-order chi connectivity index (χ1) is 7.72. The number of ether oxygens (including phenoxy) is 2. The molecule has 1 aliphatic heterocycles. The van der Waals surface area contributed by atoms with Crippen molar-refractivity contribution < 1.29 is 19.1 Å². The van der Waals surface area contributed by atoms with Crippen molar-refractivity contribution in [2.24, 2.45) is 0 Å². The zero-order chi connectivity index (χ0) is 11.5. The Morgan fingerprint density at radius 3 is 2.88 bits per heavy atom. The lowest BCUT2D eigenvalue weighted by Gasteiger charge is -2.11. The number of benzene rings is 1. The van der Waals surface area contributed by atoms with Gasteiger partial charge in [-0.05, 0) is 12.1 Å². The fourth-order valence-corrected chi connectivity index (χ4v) is 1.51. The molecule has 1 aromatic carbocycles. The Morgan fingerprint density at radius 2 is 2.25 bits per heavy atom. The van der Waals surface area contributed by atoms with E-state index in [1.165, 1.54) is 0 Å². The molecule has 1 heterocycles. The van der Waals surface area contributed by atoms with E-state index in [1.54, 1.807) is 24.3 Å². The van der Waals surface area contributed by atoms with Gasteiger partial charge < -0.3 is 9.47 Å². The molecule has 1 fully saturated rings. The van der Waals surface area contributed by atoms with E-state index >= 15 is 0 Å². The van der Waals surface area contributed by atoms with Crippen LogP contribution in [0.5, 0.6) is 5.75 Å². The van der Waals surface area contributed by atoms with Gasteiger partial charge in [0.05, 0.1) is 5.69 Å². The van der Waals surface area contributed by atoms with Gasteiger partial charge in [0.25, 0.3) is 5.91 Å². The molecule has 0 saturated carbocycles. The van der Waals surface area contributed by atoms with Crippen LogP contribution >= 0.6 is 11.6 Å². The number of hydrogen-bond acceptors (Lipinski definition) is 4. The Balaban J connectivity index is 2.29. The Labute approximate surface area is 96.5 Å². The molecule has 2 amide bonds. The summed E-state index contributed by atoms with van der Waals surface area (Å²) in [6.45, 7) is -0.223. The van der Waals surface area contributed by atoms with Crippen LogP contribution in [-0.2, 0) is 9.53 Å². The Kier molecular flexibility index (Phi) is 2.96. The molecule has 2 rings (SSSR count). The molecule has 0 radical (unpaired) electrons. The number of carbonyl (C=O) groups is 2. The molecule has 5 nitrogen and oxygen atoms in total. The number of amides is 2. The normalized spacial score (nSPS) is 15.2. The highest BCUT2D eigenvalue weighted by atomic mass is 35.5. The van der Waals surface area contributed by atoms with E-state index in [0.29, 0.717) is 11.4 Å². The summed E-state index contributed by atoms with van der Waals surface area (Å²) in [5.41, 5.74) is 0.412. The first-order valence-corrected chi connectivity index (χ1v) is 5.04. The van der Waals surface area contributed by atoms with Gasteiger partial charge in [-0.3, -0.25) is 4.79 Å². The third-order valence-electron chi connectivity index (χ3n) is 2.05. The van der Waals surface area contributed by atoms with Crippen LogP contribution in [0.2, 0.25) is 0 Å². The Hall–Kier alpha value is -1.75. The van der Waals surface area contributed by atoms with Gasteiger partial charge >= 0.3 is 6.09 Å². The molecule has 0 unspecified atom stereocenters. The van der Waals surface area contributed by atoms with Gasteiger partial charge in [-0.15, -0.1) is 0 Å². The number of cyclic esters (lactones) is 1. The van der Waals surface area contributed by atoms with Gasteiger partial charge in [0, 0.05) is 6.07 Å². The number of hydrogen-bond donors (Lipinski definition) is 0. The van der Waals surface area contributed by atoms with E-state index in [2.05, 4.69) is 4.74 Å². The van der Waals surface area contributed by atoms with Crippen molar-refractivity contribution in [3.05, 3.63) is 24.3 Å². The second kappa shape index (κ2) is 4.40. The average Bonchev–Trinajstić information content (AvgIpc) is 2.59. The number of imide groups is 1. The van der Waals surface area contributed by atoms with Crippen molar-refractivity contribution >= 4 is 29.3 Å². The molecule has 6 heteroatoms. The van der Waals surface area contributed by atoms with E-state index in [1.807, 2.05) is 0 Å². The van der Waals surface area contributed by atoms with E-state index < -0.39 is 12.0 Å². The molecule has 1 aliphatic rings. The number of halogens is 1. The van der Waals surface area contributed by atoms with Gasteiger partial charge in [-0.25, -0.2) is 9.69 Å². The zero-order valence-corrected chi connectivity index (χ0v) is 8.94. The summed E-state index contributed by atoms with van der Waals surface area (Å²) in [6, 6.07) is 6.51. The highest BCUT2D eigenvalue weighted by molar-refractivity contribution is 6.17. The van der Waals surface area contributed by atoms with Crippen LogP contribution in [0.3, 0.4) is 0 Å². The van der Waals surface area contributed by atoms with Crippen LogP contribution in [0, 0.1) is 0 Å². The maximum absolute atomic E-state index is 11.4. The molecule has 0 aliphatic carbocycles. The third-order valence-corrected chi connectivity index (χ3v) is 2.16. The number of anilines is 1. The fourth-order valence-electron chi connectivity index (χ4n) is 1.38. The van der Waals surface area contributed by atoms with Crippen molar-refractivity contribution in [3.63, 3.8) is 0 Å². The van der Waals surface area contributed by atoms with E-state index in [0.717, 1.165) is 4.90 Å². The molecule has 0 spiro atoms. The second-order valence-electron chi connectivity index (χ2n) is 3.03. The molecular weight excluding hydrogens is 234 g/mol. The number of alkyl halides is 1. The minimum absolute atomic E-state index is 0.00183. The summed E-state index contributed by atoms with van der Waals surface area (Å²) in [4.78, 5) is 23.6. The van der Waals surface area contributed by atoms with Crippen LogP contribution in [0.25, 0.3) is 0 Å². The van der Waals surface area contributed by atoms with Gasteiger partial charge in [-0.1, -0.05) is 17.7 Å². The highest BCUT2D eigenvalue weighted by Crippen LogP contribution is 2.24. The van der Waals surface area contributed by atoms with E-state index in [9.17, 15) is 9.59 Å². The van der Waals surface area contributed by atoms with Gasteiger partial charge in [-0.2, -0.15) is 0 Å². The summed E-state index contributed by atoms with van der Waals surface area (Å²) >= 11 is 5.41. The van der Waals surface area contributed by atoms with Gasteiger partial charge in [0.2, 0.25) is 0 Å². The maximum atomic E-state index is 11.4. The van der Waals surface area contributed by atoms with Crippen molar-refractivity contribution in [1.29, 1.82) is 0 Å². The lowest BCUT2D eigenvalue weighted by molar-refractivity contribution is -0.117. The molecule has 0 N–H and O–H groups in total. The molecule has 0 aromatic heterocycles. The lowest BCUT2D eigenvalue weighted by Crippen LogP contribution is -2.28. The Bertz CT molecular complexity index is 419. The van der Waals surface area contributed by atoms with Crippen LogP contribution in [-0.4, -0.2) is 24.7 Å². The average molecular weight is 242 g/mol. The molecular formula is C10H8ClNO4.